The number of rotatable bonds is 5. The summed E-state index contributed by atoms with van der Waals surface area (Å²) in [7, 11) is -8.59. The molecule has 10 nitrogen and oxygen atoms in total. The SMILES string of the molecule is CCS(=O)(=O)N(c1cc(-n2c(=O)cc(C(F)(F)F)n(C)c2=O)c(F)cc1C#N)S(C)(=O)=O. The van der Waals surface area contributed by atoms with E-state index in [1.807, 2.05) is 0 Å². The van der Waals surface area contributed by atoms with Crippen LogP contribution >= 0.6 is 0 Å². The van der Waals surface area contributed by atoms with Crippen molar-refractivity contribution in [2.24, 2.45) is 7.05 Å². The number of sulfonamides is 2. The minimum absolute atomic E-state index is 0.00976. The van der Waals surface area contributed by atoms with Crippen LogP contribution in [0.3, 0.4) is 0 Å². The average Bonchev–Trinajstić information content (AvgIpc) is 2.64. The summed E-state index contributed by atoms with van der Waals surface area (Å²) in [5.74, 6) is -2.23. The van der Waals surface area contributed by atoms with E-state index in [4.69, 9.17) is 0 Å². The molecule has 0 aliphatic rings. The number of nitrogens with zero attached hydrogens (tertiary/aromatic N) is 4. The molecule has 0 saturated heterocycles. The van der Waals surface area contributed by atoms with Gasteiger partial charge in [0.15, 0.2) is 0 Å². The number of alkyl halides is 3. The lowest BCUT2D eigenvalue weighted by Crippen LogP contribution is -2.41. The zero-order valence-electron chi connectivity index (χ0n) is 16.5. The van der Waals surface area contributed by atoms with Gasteiger partial charge in [0.05, 0.1) is 28.9 Å². The Labute approximate surface area is 178 Å². The molecule has 32 heavy (non-hydrogen) atoms. The number of benzene rings is 1. The second-order valence-corrected chi connectivity index (χ2v) is 10.5. The van der Waals surface area contributed by atoms with Gasteiger partial charge in [-0.05, 0) is 19.1 Å². The molecule has 1 heterocycles. The molecule has 2 aromatic rings. The molecule has 0 bridgehead atoms. The van der Waals surface area contributed by atoms with Crippen molar-refractivity contribution in [1.29, 1.82) is 5.26 Å². The molecular weight excluding hydrogens is 484 g/mol. The van der Waals surface area contributed by atoms with E-state index >= 15 is 0 Å². The highest BCUT2D eigenvalue weighted by atomic mass is 32.3. The van der Waals surface area contributed by atoms with E-state index in [-0.39, 0.29) is 18.9 Å². The molecule has 2 rings (SSSR count). The van der Waals surface area contributed by atoms with E-state index in [0.717, 1.165) is 6.92 Å². The largest absolute Gasteiger partial charge is 0.431 e. The summed E-state index contributed by atoms with van der Waals surface area (Å²) in [5, 5.41) is 9.24. The molecule has 0 fully saturated rings. The second kappa shape index (κ2) is 8.06. The number of halogens is 4. The number of anilines is 1. The first-order valence-electron chi connectivity index (χ1n) is 8.34. The summed E-state index contributed by atoms with van der Waals surface area (Å²) in [6.45, 7) is 1.08. The van der Waals surface area contributed by atoms with E-state index in [9.17, 15) is 49.2 Å². The van der Waals surface area contributed by atoms with Gasteiger partial charge in [-0.3, -0.25) is 9.36 Å². The summed E-state index contributed by atoms with van der Waals surface area (Å²) in [5.41, 5.74) is -7.67. The van der Waals surface area contributed by atoms with Crippen LogP contribution in [-0.4, -0.2) is 38.0 Å². The molecule has 0 spiro atoms. The molecule has 0 saturated carbocycles. The van der Waals surface area contributed by atoms with E-state index in [1.165, 1.54) is 6.07 Å². The predicted octanol–water partition coefficient (Wildman–Crippen LogP) is 0.681. The van der Waals surface area contributed by atoms with Crippen LogP contribution in [0, 0.1) is 17.1 Å². The van der Waals surface area contributed by atoms with Gasteiger partial charge in [-0.2, -0.15) is 22.1 Å². The third-order valence-electron chi connectivity index (χ3n) is 4.15. The van der Waals surface area contributed by atoms with Gasteiger partial charge in [-0.1, -0.05) is 0 Å². The van der Waals surface area contributed by atoms with Crippen molar-refractivity contribution in [3.8, 4) is 11.8 Å². The van der Waals surface area contributed by atoms with E-state index in [0.29, 0.717) is 25.4 Å². The normalized spacial score (nSPS) is 12.4. The van der Waals surface area contributed by atoms with Crippen LogP contribution in [-0.2, 0) is 33.3 Å². The van der Waals surface area contributed by atoms with Crippen molar-refractivity contribution in [1.82, 2.24) is 9.13 Å². The van der Waals surface area contributed by atoms with Crippen molar-refractivity contribution < 1.29 is 34.4 Å². The van der Waals surface area contributed by atoms with Crippen molar-refractivity contribution in [3.63, 3.8) is 0 Å². The van der Waals surface area contributed by atoms with Gasteiger partial charge in [0, 0.05) is 13.1 Å². The van der Waals surface area contributed by atoms with Crippen LogP contribution in [0.1, 0.15) is 18.2 Å². The third kappa shape index (κ3) is 4.39. The minimum atomic E-state index is -5.09. The van der Waals surface area contributed by atoms with Gasteiger partial charge >= 0.3 is 11.9 Å². The molecule has 0 radical (unpaired) electrons. The fourth-order valence-electron chi connectivity index (χ4n) is 2.73. The maximum Gasteiger partial charge on any atom is 0.431 e. The lowest BCUT2D eigenvalue weighted by molar-refractivity contribution is -0.144. The first kappa shape index (κ1) is 25.1. The second-order valence-electron chi connectivity index (χ2n) is 6.34. The molecule has 0 aliphatic heterocycles. The Morgan fingerprint density at radius 1 is 1.12 bits per heavy atom. The molecule has 1 aromatic carbocycles. The molecule has 0 atom stereocenters. The lowest BCUT2D eigenvalue weighted by atomic mass is 10.1. The molecule has 1 aromatic heterocycles. The molecule has 174 valence electrons. The van der Waals surface area contributed by atoms with Crippen molar-refractivity contribution in [2.75, 3.05) is 15.7 Å². The van der Waals surface area contributed by atoms with E-state index in [2.05, 4.69) is 0 Å². The average molecular weight is 498 g/mol. The van der Waals surface area contributed by atoms with Crippen LogP contribution < -0.4 is 15.0 Å². The Kier molecular flexibility index (Phi) is 6.31. The summed E-state index contributed by atoms with van der Waals surface area (Å²) >= 11 is 0. The smallest absolute Gasteiger partial charge is 0.292 e. The van der Waals surface area contributed by atoms with Crippen molar-refractivity contribution in [2.45, 2.75) is 13.1 Å². The molecule has 0 amide bonds. The van der Waals surface area contributed by atoms with Crippen LogP contribution in [0.15, 0.2) is 27.8 Å². The van der Waals surface area contributed by atoms with Crippen LogP contribution in [0.2, 0.25) is 0 Å². The minimum Gasteiger partial charge on any atom is -0.292 e. The number of hydrogen-bond donors (Lipinski definition) is 0. The van der Waals surface area contributed by atoms with Gasteiger partial charge in [-0.15, -0.1) is 0 Å². The molecule has 0 N–H and O–H groups in total. The fraction of sp³-hybridized carbons (Fsp3) is 0.312. The Balaban J connectivity index is 3.04. The third-order valence-corrected chi connectivity index (χ3v) is 7.88. The quantitative estimate of drug-likeness (QED) is 0.553. The molecular formula is C16H14F4N4O6S2. The Morgan fingerprint density at radius 3 is 2.12 bits per heavy atom. The highest BCUT2D eigenvalue weighted by Gasteiger charge is 2.36. The van der Waals surface area contributed by atoms with E-state index < -0.39 is 71.7 Å². The highest BCUT2D eigenvalue weighted by molar-refractivity contribution is 8.09. The fourth-order valence-corrected chi connectivity index (χ4v) is 5.89. The first-order valence-corrected chi connectivity index (χ1v) is 11.8. The molecule has 16 heteroatoms. The maximum absolute atomic E-state index is 14.7. The number of aromatic nitrogens is 2. The standard InChI is InChI=1S/C16H14F4N4O6S2/c1-4-32(29,30)24(31(3,27)28)11-6-12(10(17)5-9(11)8-21)23-14(25)7-13(16(18,19)20)22(2)15(23)26/h5-7H,4H2,1-3H3. The zero-order valence-corrected chi connectivity index (χ0v) is 18.1. The highest BCUT2D eigenvalue weighted by Crippen LogP contribution is 2.31. The van der Waals surface area contributed by atoms with Gasteiger partial charge in [0.25, 0.3) is 5.56 Å². The van der Waals surface area contributed by atoms with Gasteiger partial charge < -0.3 is 0 Å². The number of hydrogen-bond acceptors (Lipinski definition) is 7. The predicted molar refractivity (Wildman–Crippen MR) is 104 cm³/mol. The summed E-state index contributed by atoms with van der Waals surface area (Å²) in [4.78, 5) is 24.7. The van der Waals surface area contributed by atoms with Gasteiger partial charge in [0.2, 0.25) is 20.0 Å². The topological polar surface area (TPSA) is 139 Å². The van der Waals surface area contributed by atoms with E-state index in [1.54, 1.807) is 0 Å². The summed E-state index contributed by atoms with van der Waals surface area (Å²) in [6.07, 6.45) is -4.61. The maximum atomic E-state index is 14.7. The lowest BCUT2D eigenvalue weighted by Gasteiger charge is -2.23. The van der Waals surface area contributed by atoms with Gasteiger partial charge in [0.1, 0.15) is 17.6 Å². The van der Waals surface area contributed by atoms with Crippen LogP contribution in [0.4, 0.5) is 23.2 Å². The van der Waals surface area contributed by atoms with Crippen molar-refractivity contribution >= 4 is 25.7 Å². The van der Waals surface area contributed by atoms with Crippen LogP contribution in [0.25, 0.3) is 5.69 Å². The summed E-state index contributed by atoms with van der Waals surface area (Å²) in [6, 6.07) is 2.19. The Bertz CT molecular complexity index is 1470. The van der Waals surface area contributed by atoms with Crippen LogP contribution in [0.5, 0.6) is 0 Å². The Morgan fingerprint density at radius 2 is 1.69 bits per heavy atom. The monoisotopic (exact) mass is 498 g/mol. The first-order chi connectivity index (χ1) is 14.5. The summed E-state index contributed by atoms with van der Waals surface area (Å²) < 4.78 is 103. The molecule has 0 unspecified atom stereocenters. The van der Waals surface area contributed by atoms with Gasteiger partial charge in [-0.25, -0.2) is 30.6 Å². The molecule has 0 aliphatic carbocycles. The van der Waals surface area contributed by atoms with Crippen molar-refractivity contribution in [3.05, 3.63) is 56.1 Å². The number of nitriles is 1. The Hall–Kier alpha value is -3.19. The zero-order chi connectivity index (χ0) is 24.8.